The highest BCUT2D eigenvalue weighted by atomic mass is 16.3. The van der Waals surface area contributed by atoms with Crippen LogP contribution in [-0.2, 0) is 4.79 Å². The Morgan fingerprint density at radius 1 is 0.931 bits per heavy atom. The maximum absolute atomic E-state index is 13.0. The molecule has 2 amide bonds. The minimum Gasteiger partial charge on any atom is -0.459 e. The van der Waals surface area contributed by atoms with Crippen LogP contribution in [0.2, 0.25) is 0 Å². The van der Waals surface area contributed by atoms with Crippen molar-refractivity contribution in [3.05, 3.63) is 83.8 Å². The van der Waals surface area contributed by atoms with Crippen molar-refractivity contribution in [3.8, 4) is 0 Å². The maximum Gasteiger partial charge on any atom is 0.294 e. The van der Waals surface area contributed by atoms with Crippen LogP contribution in [0.25, 0.3) is 0 Å². The second-order valence-electron chi connectivity index (χ2n) is 7.03. The molecule has 0 radical (unpaired) electrons. The van der Waals surface area contributed by atoms with Crippen LogP contribution in [0, 0.1) is 0 Å². The number of fused-ring (bicyclic) bond motifs is 1. The second kappa shape index (κ2) is 7.39. The van der Waals surface area contributed by atoms with Gasteiger partial charge in [0.05, 0.1) is 23.7 Å². The van der Waals surface area contributed by atoms with Crippen molar-refractivity contribution in [2.45, 2.75) is 19.9 Å². The van der Waals surface area contributed by atoms with Crippen molar-refractivity contribution in [1.29, 1.82) is 0 Å². The van der Waals surface area contributed by atoms with Gasteiger partial charge in [-0.2, -0.15) is 0 Å². The molecule has 1 aliphatic heterocycles. The Hall–Kier alpha value is -3.67. The fourth-order valence-electron chi connectivity index (χ4n) is 3.73. The largest absolute Gasteiger partial charge is 0.459 e. The predicted octanol–water partition coefficient (Wildman–Crippen LogP) is 3.91. The number of furan rings is 1. The molecule has 0 N–H and O–H groups in total. The fraction of sp³-hybridized carbons (Fsp3) is 0.174. The second-order valence-corrected chi connectivity index (χ2v) is 7.03. The van der Waals surface area contributed by atoms with Crippen molar-refractivity contribution in [1.82, 2.24) is 0 Å². The van der Waals surface area contributed by atoms with Crippen molar-refractivity contribution >= 4 is 29.0 Å². The smallest absolute Gasteiger partial charge is 0.294 e. The van der Waals surface area contributed by atoms with E-state index in [1.807, 2.05) is 13.0 Å². The summed E-state index contributed by atoms with van der Waals surface area (Å²) in [6.07, 6.45) is 1.44. The van der Waals surface area contributed by atoms with Gasteiger partial charge in [-0.15, -0.1) is 0 Å². The van der Waals surface area contributed by atoms with Crippen molar-refractivity contribution in [3.63, 3.8) is 0 Å². The van der Waals surface area contributed by atoms with Crippen LogP contribution in [0.15, 0.2) is 71.3 Å². The molecule has 4 rings (SSSR count). The highest BCUT2D eigenvalue weighted by Gasteiger charge is 2.35. The third-order valence-electron chi connectivity index (χ3n) is 5.03. The van der Waals surface area contributed by atoms with Crippen molar-refractivity contribution < 1.29 is 18.8 Å². The van der Waals surface area contributed by atoms with Crippen LogP contribution in [0.4, 0.5) is 11.4 Å². The average molecular weight is 388 g/mol. The molecule has 0 unspecified atom stereocenters. The zero-order valence-electron chi connectivity index (χ0n) is 16.2. The number of anilines is 2. The van der Waals surface area contributed by atoms with Gasteiger partial charge in [0.1, 0.15) is 0 Å². The van der Waals surface area contributed by atoms with E-state index in [9.17, 15) is 14.4 Å². The third kappa shape index (κ3) is 3.33. The molecule has 0 bridgehead atoms. The highest BCUT2D eigenvalue weighted by Crippen LogP contribution is 2.37. The standard InChI is InChI=1S/C23H20N2O4/c1-15-14-24(23(28)21-9-6-12-29-21)20-13-18(10-11-19(20)25(15)16(2)26)22(27)17-7-4-3-5-8-17/h3-13,15H,14H2,1-2H3/t15-/m0/s1. The Morgan fingerprint density at radius 2 is 1.69 bits per heavy atom. The lowest BCUT2D eigenvalue weighted by Gasteiger charge is -2.40. The van der Waals surface area contributed by atoms with Crippen LogP contribution >= 0.6 is 0 Å². The Balaban J connectivity index is 1.82. The number of rotatable bonds is 3. The molecule has 6 nitrogen and oxygen atoms in total. The summed E-state index contributed by atoms with van der Waals surface area (Å²) in [6, 6.07) is 17.1. The Labute approximate surface area is 168 Å². The number of amides is 2. The van der Waals surface area contributed by atoms with E-state index < -0.39 is 0 Å². The molecule has 1 atom stereocenters. The Morgan fingerprint density at radius 3 is 2.34 bits per heavy atom. The summed E-state index contributed by atoms with van der Waals surface area (Å²) in [5, 5.41) is 0. The molecule has 1 aromatic heterocycles. The summed E-state index contributed by atoms with van der Waals surface area (Å²) >= 11 is 0. The van der Waals surface area contributed by atoms with Gasteiger partial charge in [-0.3, -0.25) is 14.4 Å². The summed E-state index contributed by atoms with van der Waals surface area (Å²) in [5.74, 6) is -0.368. The van der Waals surface area contributed by atoms with Crippen LogP contribution in [0.5, 0.6) is 0 Å². The molecule has 3 aromatic rings. The molecule has 6 heteroatoms. The lowest BCUT2D eigenvalue weighted by atomic mass is 9.99. The van der Waals surface area contributed by atoms with Gasteiger partial charge >= 0.3 is 0 Å². The van der Waals surface area contributed by atoms with E-state index in [4.69, 9.17) is 4.42 Å². The summed E-state index contributed by atoms with van der Waals surface area (Å²) in [5.41, 5.74) is 2.12. The topological polar surface area (TPSA) is 70.8 Å². The minimum atomic E-state index is -0.310. The zero-order valence-corrected chi connectivity index (χ0v) is 16.2. The van der Waals surface area contributed by atoms with E-state index >= 15 is 0 Å². The van der Waals surface area contributed by atoms with E-state index in [1.165, 1.54) is 13.2 Å². The number of nitrogens with zero attached hydrogens (tertiary/aromatic N) is 2. The van der Waals surface area contributed by atoms with Crippen molar-refractivity contribution in [2.24, 2.45) is 0 Å². The maximum atomic E-state index is 13.0. The monoisotopic (exact) mass is 388 g/mol. The molecule has 29 heavy (non-hydrogen) atoms. The number of carbonyl (C=O) groups is 3. The normalized spacial score (nSPS) is 15.7. The van der Waals surface area contributed by atoms with Crippen LogP contribution in [0.1, 0.15) is 40.3 Å². The van der Waals surface area contributed by atoms with E-state index in [0.29, 0.717) is 29.0 Å². The van der Waals surface area contributed by atoms with E-state index in [-0.39, 0.29) is 29.4 Å². The highest BCUT2D eigenvalue weighted by molar-refractivity contribution is 6.13. The number of hydrogen-bond acceptors (Lipinski definition) is 4. The summed E-state index contributed by atoms with van der Waals surface area (Å²) < 4.78 is 5.28. The van der Waals surface area contributed by atoms with Gasteiger partial charge in [0, 0.05) is 24.6 Å². The summed E-state index contributed by atoms with van der Waals surface area (Å²) in [6.45, 7) is 3.68. The first-order valence-corrected chi connectivity index (χ1v) is 9.36. The number of hydrogen-bond donors (Lipinski definition) is 0. The molecular weight excluding hydrogens is 368 g/mol. The van der Waals surface area contributed by atoms with Crippen molar-refractivity contribution in [2.75, 3.05) is 16.3 Å². The Kier molecular flexibility index (Phi) is 4.76. The van der Waals surface area contributed by atoms with Gasteiger partial charge < -0.3 is 14.2 Å². The van der Waals surface area contributed by atoms with Gasteiger partial charge in [-0.05, 0) is 37.3 Å². The van der Waals surface area contributed by atoms with Gasteiger partial charge in [-0.25, -0.2) is 0 Å². The van der Waals surface area contributed by atoms with E-state index in [2.05, 4.69) is 0 Å². The molecule has 0 fully saturated rings. The van der Waals surface area contributed by atoms with Crippen LogP contribution < -0.4 is 9.80 Å². The fourth-order valence-corrected chi connectivity index (χ4v) is 3.73. The average Bonchev–Trinajstić information content (AvgIpc) is 3.27. The van der Waals surface area contributed by atoms with Gasteiger partial charge in [-0.1, -0.05) is 30.3 Å². The lowest BCUT2D eigenvalue weighted by Crippen LogP contribution is -2.51. The number of benzene rings is 2. The summed E-state index contributed by atoms with van der Waals surface area (Å²) in [7, 11) is 0. The molecule has 0 saturated heterocycles. The lowest BCUT2D eigenvalue weighted by molar-refractivity contribution is -0.117. The molecule has 2 heterocycles. The summed E-state index contributed by atoms with van der Waals surface area (Å²) in [4.78, 5) is 41.4. The molecule has 0 aliphatic carbocycles. The Bertz CT molecular complexity index is 1070. The molecule has 0 spiro atoms. The molecular formula is C23H20N2O4. The van der Waals surface area contributed by atoms with Gasteiger partial charge in [0.15, 0.2) is 11.5 Å². The molecule has 1 aliphatic rings. The number of carbonyl (C=O) groups excluding carboxylic acids is 3. The number of ketones is 1. The first-order valence-electron chi connectivity index (χ1n) is 9.36. The zero-order chi connectivity index (χ0) is 20.5. The minimum absolute atomic E-state index is 0.119. The van der Waals surface area contributed by atoms with E-state index in [1.54, 1.807) is 64.4 Å². The van der Waals surface area contributed by atoms with E-state index in [0.717, 1.165) is 0 Å². The van der Waals surface area contributed by atoms with Gasteiger partial charge in [0.2, 0.25) is 5.91 Å². The SMILES string of the molecule is CC(=O)N1c2ccc(C(=O)c3ccccc3)cc2N(C(=O)c2ccco2)C[C@@H]1C. The molecule has 2 aromatic carbocycles. The van der Waals surface area contributed by atoms with Crippen LogP contribution in [0.3, 0.4) is 0 Å². The quantitative estimate of drug-likeness (QED) is 0.638. The van der Waals surface area contributed by atoms with Gasteiger partial charge in [0.25, 0.3) is 5.91 Å². The molecule has 146 valence electrons. The first kappa shape index (κ1) is 18.7. The predicted molar refractivity (Wildman–Crippen MR) is 109 cm³/mol. The molecule has 0 saturated carbocycles. The first-order chi connectivity index (χ1) is 14.0. The third-order valence-corrected chi connectivity index (χ3v) is 5.03. The van der Waals surface area contributed by atoms with Crippen LogP contribution in [-0.4, -0.2) is 30.2 Å².